The van der Waals surface area contributed by atoms with Gasteiger partial charge in [0.1, 0.15) is 0 Å². The fourth-order valence-corrected chi connectivity index (χ4v) is 3.19. The van der Waals surface area contributed by atoms with Gasteiger partial charge in [-0.1, -0.05) is 72.8 Å². The zero-order valence-electron chi connectivity index (χ0n) is 17.3. The van der Waals surface area contributed by atoms with Gasteiger partial charge in [-0.2, -0.15) is 0 Å². The second kappa shape index (κ2) is 10.9. The molecule has 160 valence electrons. The highest BCUT2D eigenvalue weighted by Gasteiger charge is 2.24. The molecule has 0 fully saturated rings. The number of aliphatic hydroxyl groups excluding tert-OH is 1. The number of carbonyl (C=O) groups excluding carboxylic acids is 2. The Labute approximate surface area is 181 Å². The number of amides is 1. The number of para-hydroxylation sites is 1. The van der Waals surface area contributed by atoms with Crippen LogP contribution in [-0.4, -0.2) is 36.2 Å². The van der Waals surface area contributed by atoms with Gasteiger partial charge in [-0.3, -0.25) is 4.79 Å². The van der Waals surface area contributed by atoms with E-state index >= 15 is 0 Å². The zero-order valence-corrected chi connectivity index (χ0v) is 17.3. The van der Waals surface area contributed by atoms with E-state index in [4.69, 9.17) is 9.84 Å². The van der Waals surface area contributed by atoms with Gasteiger partial charge in [0.05, 0.1) is 18.2 Å². The van der Waals surface area contributed by atoms with E-state index in [1.807, 2.05) is 60.7 Å². The maximum atomic E-state index is 12.9. The van der Waals surface area contributed by atoms with E-state index in [1.165, 1.54) is 0 Å². The second-order valence-electron chi connectivity index (χ2n) is 7.01. The van der Waals surface area contributed by atoms with Crippen molar-refractivity contribution in [2.75, 3.05) is 18.5 Å². The monoisotopic (exact) mass is 418 g/mol. The Kier molecular flexibility index (Phi) is 7.79. The summed E-state index contributed by atoms with van der Waals surface area (Å²) < 4.78 is 5.44. The number of hydrogen-bond donors (Lipinski definition) is 3. The Hall–Kier alpha value is -3.64. The number of anilines is 1. The van der Waals surface area contributed by atoms with Crippen LogP contribution in [-0.2, 0) is 9.53 Å². The fourth-order valence-electron chi connectivity index (χ4n) is 3.19. The maximum absolute atomic E-state index is 12.9. The maximum Gasteiger partial charge on any atom is 0.341 e. The largest absolute Gasteiger partial charge is 0.449 e. The lowest BCUT2D eigenvalue weighted by atomic mass is 9.98. The molecule has 1 amide bonds. The summed E-state index contributed by atoms with van der Waals surface area (Å²) in [5.41, 5.74) is 2.71. The minimum absolute atomic E-state index is 0.0669. The van der Waals surface area contributed by atoms with Crippen molar-refractivity contribution >= 4 is 17.6 Å². The standard InChI is InChI=1S/C25H26N2O4/c1-18(31-25(30)21-14-8-9-15-22(21)26-16-17-28)24(29)27-23(19-10-4-2-5-11-19)20-12-6-3-7-13-20/h2-15,18,23,26,28H,16-17H2,1H3,(H,27,29)/t18-/m0/s1. The predicted molar refractivity (Wildman–Crippen MR) is 120 cm³/mol. The normalized spacial score (nSPS) is 11.6. The molecule has 31 heavy (non-hydrogen) atoms. The summed E-state index contributed by atoms with van der Waals surface area (Å²) in [5.74, 6) is -1.01. The molecule has 0 aliphatic carbocycles. The van der Waals surface area contributed by atoms with Crippen LogP contribution in [0, 0.1) is 0 Å². The molecule has 6 nitrogen and oxygen atoms in total. The van der Waals surface area contributed by atoms with Gasteiger partial charge in [0.2, 0.25) is 0 Å². The molecule has 0 aliphatic rings. The number of benzene rings is 3. The average molecular weight is 418 g/mol. The molecule has 1 atom stereocenters. The topological polar surface area (TPSA) is 87.7 Å². The molecule has 3 N–H and O–H groups in total. The second-order valence-corrected chi connectivity index (χ2v) is 7.01. The number of rotatable bonds is 9. The summed E-state index contributed by atoms with van der Waals surface area (Å²) >= 11 is 0. The Morgan fingerprint density at radius 3 is 2.00 bits per heavy atom. The van der Waals surface area contributed by atoms with Gasteiger partial charge in [-0.25, -0.2) is 4.79 Å². The number of hydrogen-bond acceptors (Lipinski definition) is 5. The molecule has 6 heteroatoms. The van der Waals surface area contributed by atoms with Gasteiger partial charge >= 0.3 is 5.97 Å². The van der Waals surface area contributed by atoms with E-state index in [0.29, 0.717) is 17.8 Å². The van der Waals surface area contributed by atoms with Gasteiger partial charge in [-0.05, 0) is 30.2 Å². The number of aliphatic hydroxyl groups is 1. The average Bonchev–Trinajstić information content (AvgIpc) is 2.82. The Bertz CT molecular complexity index is 953. The molecular formula is C25H26N2O4. The summed E-state index contributed by atoms with van der Waals surface area (Å²) in [4.78, 5) is 25.6. The highest BCUT2D eigenvalue weighted by molar-refractivity contribution is 5.97. The molecule has 0 saturated carbocycles. The van der Waals surface area contributed by atoms with Crippen molar-refractivity contribution in [2.45, 2.75) is 19.1 Å². The Balaban J connectivity index is 1.72. The van der Waals surface area contributed by atoms with E-state index in [2.05, 4.69) is 10.6 Å². The quantitative estimate of drug-likeness (QED) is 0.463. The van der Waals surface area contributed by atoms with Gasteiger partial charge < -0.3 is 20.5 Å². The highest BCUT2D eigenvalue weighted by Crippen LogP contribution is 2.22. The third-order valence-electron chi connectivity index (χ3n) is 4.78. The van der Waals surface area contributed by atoms with Crippen LogP contribution < -0.4 is 10.6 Å². The summed E-state index contributed by atoms with van der Waals surface area (Å²) in [7, 11) is 0. The SMILES string of the molecule is C[C@H](OC(=O)c1ccccc1NCCO)C(=O)NC(c1ccccc1)c1ccccc1. The van der Waals surface area contributed by atoms with Crippen molar-refractivity contribution in [1.82, 2.24) is 5.32 Å². The van der Waals surface area contributed by atoms with Crippen molar-refractivity contribution in [2.24, 2.45) is 0 Å². The Morgan fingerprint density at radius 1 is 0.871 bits per heavy atom. The molecule has 0 heterocycles. The van der Waals surface area contributed by atoms with Crippen LogP contribution in [0.1, 0.15) is 34.5 Å². The molecule has 3 aromatic rings. The van der Waals surface area contributed by atoms with Crippen LogP contribution in [0.2, 0.25) is 0 Å². The lowest BCUT2D eigenvalue weighted by Gasteiger charge is -2.22. The third kappa shape index (κ3) is 5.93. The minimum atomic E-state index is -0.992. The van der Waals surface area contributed by atoms with Crippen molar-refractivity contribution in [3.63, 3.8) is 0 Å². The molecule has 3 aromatic carbocycles. The first kappa shape index (κ1) is 22.1. The fraction of sp³-hybridized carbons (Fsp3) is 0.200. The number of carbonyl (C=O) groups is 2. The zero-order chi connectivity index (χ0) is 22.1. The van der Waals surface area contributed by atoms with Crippen molar-refractivity contribution in [1.29, 1.82) is 0 Å². The molecule has 0 aliphatic heterocycles. The molecule has 3 rings (SSSR count). The Morgan fingerprint density at radius 2 is 1.42 bits per heavy atom. The van der Waals surface area contributed by atoms with Crippen LogP contribution >= 0.6 is 0 Å². The van der Waals surface area contributed by atoms with E-state index < -0.39 is 18.0 Å². The predicted octanol–water partition coefficient (Wildman–Crippen LogP) is 3.54. The summed E-state index contributed by atoms with van der Waals surface area (Å²) in [6.45, 7) is 1.78. The number of esters is 1. The van der Waals surface area contributed by atoms with E-state index in [-0.39, 0.29) is 12.6 Å². The lowest BCUT2D eigenvalue weighted by molar-refractivity contribution is -0.129. The lowest BCUT2D eigenvalue weighted by Crippen LogP contribution is -2.38. The van der Waals surface area contributed by atoms with Crippen LogP contribution in [0.4, 0.5) is 5.69 Å². The number of nitrogens with one attached hydrogen (secondary N) is 2. The first-order valence-electron chi connectivity index (χ1n) is 10.1. The minimum Gasteiger partial charge on any atom is -0.449 e. The highest BCUT2D eigenvalue weighted by atomic mass is 16.5. The van der Waals surface area contributed by atoms with Crippen molar-refractivity contribution in [3.8, 4) is 0 Å². The number of ether oxygens (including phenoxy) is 1. The molecule has 0 saturated heterocycles. The van der Waals surface area contributed by atoms with E-state index in [9.17, 15) is 9.59 Å². The summed E-state index contributed by atoms with van der Waals surface area (Å²) in [6, 6.07) is 25.7. The molecule has 0 radical (unpaired) electrons. The van der Waals surface area contributed by atoms with Crippen LogP contribution in [0.3, 0.4) is 0 Å². The van der Waals surface area contributed by atoms with Gasteiger partial charge in [0.15, 0.2) is 6.10 Å². The van der Waals surface area contributed by atoms with Gasteiger partial charge in [-0.15, -0.1) is 0 Å². The molecular weight excluding hydrogens is 392 g/mol. The van der Waals surface area contributed by atoms with Crippen LogP contribution in [0.15, 0.2) is 84.9 Å². The first-order valence-corrected chi connectivity index (χ1v) is 10.1. The van der Waals surface area contributed by atoms with Gasteiger partial charge in [0.25, 0.3) is 5.91 Å². The van der Waals surface area contributed by atoms with E-state index in [0.717, 1.165) is 11.1 Å². The first-order chi connectivity index (χ1) is 15.1. The van der Waals surface area contributed by atoms with Gasteiger partial charge in [0, 0.05) is 12.2 Å². The molecule has 0 spiro atoms. The van der Waals surface area contributed by atoms with Crippen molar-refractivity contribution < 1.29 is 19.4 Å². The van der Waals surface area contributed by atoms with E-state index in [1.54, 1.807) is 31.2 Å². The molecule has 0 unspecified atom stereocenters. The van der Waals surface area contributed by atoms with Crippen molar-refractivity contribution in [3.05, 3.63) is 102 Å². The molecule has 0 bridgehead atoms. The molecule has 0 aromatic heterocycles. The van der Waals surface area contributed by atoms with Crippen LogP contribution in [0.25, 0.3) is 0 Å². The third-order valence-corrected chi connectivity index (χ3v) is 4.78. The smallest absolute Gasteiger partial charge is 0.341 e. The summed E-state index contributed by atoms with van der Waals surface area (Å²) in [5, 5.41) is 15.0. The van der Waals surface area contributed by atoms with Crippen LogP contribution in [0.5, 0.6) is 0 Å². The summed E-state index contributed by atoms with van der Waals surface area (Å²) in [6.07, 6.45) is -0.992.